The second-order valence-electron chi connectivity index (χ2n) is 22.5. The number of rotatable bonds is 24. The molecule has 0 unspecified atom stereocenters. The van der Waals surface area contributed by atoms with Crippen LogP contribution in [0.25, 0.3) is 0 Å². The molecule has 0 bridgehead atoms. The van der Waals surface area contributed by atoms with E-state index in [-0.39, 0.29) is 7.02 Å². The number of hydrogen-bond acceptors (Lipinski definition) is 0. The molecule has 51 heavy (non-hydrogen) atoms. The van der Waals surface area contributed by atoms with Crippen molar-refractivity contribution in [3.8, 4) is 0 Å². The molecule has 0 aromatic carbocycles. The molecule has 0 radical (unpaired) electrons. The third-order valence-electron chi connectivity index (χ3n) is 14.8. The summed E-state index contributed by atoms with van der Waals surface area (Å²) in [5.74, 6) is 0. The molecular weight excluding hydrogens is 551 g/mol. The molecule has 0 saturated carbocycles. The van der Waals surface area contributed by atoms with E-state index >= 15 is 0 Å². The van der Waals surface area contributed by atoms with Crippen LogP contribution in [0.2, 0.25) is 0 Å². The van der Waals surface area contributed by atoms with E-state index in [2.05, 4.69) is 201 Å². The summed E-state index contributed by atoms with van der Waals surface area (Å²) in [6, 6.07) is 0. The minimum atomic E-state index is -0.0843. The van der Waals surface area contributed by atoms with E-state index in [1.807, 2.05) is 0 Å². The van der Waals surface area contributed by atoms with Crippen molar-refractivity contribution in [3.05, 3.63) is 0 Å². The third kappa shape index (κ3) is 14.8. The Hall–Kier alpha value is 3.31. The average Bonchev–Trinajstić information content (AvgIpc) is 2.92. The Morgan fingerprint density at radius 2 is 0.333 bits per heavy atom. The summed E-state index contributed by atoms with van der Waals surface area (Å²) < 4.78 is 9.58. The molecule has 0 saturated heterocycles. The Labute approximate surface area is 360 Å². The molecule has 0 aromatic heterocycles. The first-order valence-electron chi connectivity index (χ1n) is 23.6. The van der Waals surface area contributed by atoms with E-state index in [1.165, 1.54) is 0 Å². The lowest BCUT2D eigenvalue weighted by Crippen LogP contribution is -2.95. The Kier molecular flexibility index (Phi) is 25.7. The van der Waals surface area contributed by atoms with Crippen molar-refractivity contribution in [3.63, 3.8) is 0 Å². The molecule has 0 aliphatic rings. The first-order chi connectivity index (χ1) is 23.6. The first-order valence-corrected chi connectivity index (χ1v) is 23.0. The van der Waals surface area contributed by atoms with Crippen molar-refractivity contribution in [2.45, 2.75) is 0 Å². The smallest absolute Gasteiger partial charge is 0.0379 e. The van der Waals surface area contributed by atoms with Crippen LogP contribution in [0.15, 0.2) is 0 Å². The van der Waals surface area contributed by atoms with Crippen molar-refractivity contribution in [1.29, 1.82) is 1.34 Å². The number of hydrogen-bond donors (Lipinski definition) is 0. The van der Waals surface area contributed by atoms with Crippen molar-refractivity contribution in [1.82, 2.24) is 0 Å². The summed E-state index contributed by atoms with van der Waals surface area (Å²) in [6.07, 6.45) is 14.3. The molecule has 51 heteroatoms. The quantitative estimate of drug-likeness (QED) is 0.0960. The van der Waals surface area contributed by atoms with Gasteiger partial charge in [0.2, 0.25) is 0 Å². The lowest BCUT2D eigenvalue weighted by molar-refractivity contribution is 3.19. The van der Waals surface area contributed by atoms with Crippen LogP contribution in [0, 0.1) is 0 Å². The molecule has 0 aliphatic carbocycles. The van der Waals surface area contributed by atoms with Gasteiger partial charge in [0.05, 0.1) is 201 Å². The average molecular weight is 606 g/mol. The predicted octanol–water partition coefficient (Wildman–Crippen LogP) is -33.6. The molecule has 0 aromatic rings. The van der Waals surface area contributed by atoms with E-state index in [9.17, 15) is 1.34 Å². The van der Waals surface area contributed by atoms with E-state index in [1.54, 1.807) is 0 Å². The van der Waals surface area contributed by atoms with Crippen molar-refractivity contribution in [2.24, 2.45) is 0 Å². The molecule has 0 aliphatic heterocycles. The molecule has 0 spiro atoms. The van der Waals surface area contributed by atoms with Crippen LogP contribution in [-0.4, -0.2) is 363 Å². The maximum Gasteiger partial charge on any atom is 0.0594 e. The highest BCUT2D eigenvalue weighted by atomic mass is 13.4. The van der Waals surface area contributed by atoms with Gasteiger partial charge in [-0.05, 0) is 1.34 Å². The normalized spacial score (nSPS) is 9.92. The molecule has 0 fully saturated rings. The molecule has 0 heterocycles. The topological polar surface area (TPSA) is 0 Å². The van der Waals surface area contributed by atoms with Crippen LogP contribution in [0.3, 0.4) is 0 Å². The zero-order chi connectivity index (χ0) is 41.4. The minimum absolute atomic E-state index is 0.0843. The van der Waals surface area contributed by atoms with Gasteiger partial charge in [0.1, 0.15) is 0 Å². The highest BCUT2D eigenvalue weighted by Crippen LogP contribution is 2.22. The largest absolute Gasteiger partial charge is 0.0594 e. The van der Waals surface area contributed by atoms with Crippen LogP contribution in [-0.2, 0) is 0 Å². The summed E-state index contributed by atoms with van der Waals surface area (Å²) in [5, 5.41) is 0. The Morgan fingerprint density at radius 3 is 0.471 bits per heavy atom. The van der Waals surface area contributed by atoms with E-state index < -0.39 is 0 Å². The summed E-state index contributed by atoms with van der Waals surface area (Å²) in [6.45, 7) is 0. The van der Waals surface area contributed by atoms with Crippen LogP contribution < -0.4 is 0 Å². The molecule has 0 amide bonds. The zero-order valence-electron chi connectivity index (χ0n) is 41.4. The Morgan fingerprint density at radius 1 is 0.216 bits per heavy atom. The molecule has 0 nitrogen and oxygen atoms in total. The van der Waals surface area contributed by atoms with Crippen molar-refractivity contribution < 1.29 is 0 Å². The highest BCUT2D eigenvalue weighted by molar-refractivity contribution is 8.35. The summed E-state index contributed by atoms with van der Waals surface area (Å²) in [4.78, 5) is 0. The van der Waals surface area contributed by atoms with Crippen LogP contribution in [0.4, 0.5) is 0 Å². The summed E-state index contributed by atoms with van der Waals surface area (Å²) in [5.41, 5.74) is 0. The minimum Gasteiger partial charge on any atom is -0.0379 e. The lowest BCUT2D eigenvalue weighted by Gasteiger charge is -2.56. The summed E-state index contributed by atoms with van der Waals surface area (Å²) >= 11 is 0. The van der Waals surface area contributed by atoms with Gasteiger partial charge in [0.25, 0.3) is 0 Å². The maximum absolute atomic E-state index is 9.58. The van der Waals surface area contributed by atoms with E-state index in [0.717, 1.165) is 0 Å². The Bertz CT molecular complexity index is 783. The maximum atomic E-state index is 9.58. The Balaban J connectivity index is 9.73. The van der Waals surface area contributed by atoms with Crippen LogP contribution in [0.1, 0.15) is 0 Å². The van der Waals surface area contributed by atoms with Gasteiger partial charge in [0, 0.05) is 160 Å². The van der Waals surface area contributed by atoms with Gasteiger partial charge in [0.15, 0.2) is 0 Å². The highest BCUT2D eigenvalue weighted by Gasteiger charge is 2.61. The van der Waals surface area contributed by atoms with Crippen molar-refractivity contribution in [2.75, 3.05) is 0 Å². The van der Waals surface area contributed by atoms with Gasteiger partial charge in [-0.1, -0.05) is 0 Å². The second-order valence-corrected chi connectivity index (χ2v) is 22.5. The molecule has 0 N–H and O–H groups in total. The van der Waals surface area contributed by atoms with E-state index in [0.29, 0.717) is 153 Å². The first kappa shape index (κ1) is 52.3. The van der Waals surface area contributed by atoms with Gasteiger partial charge in [-0.15, -0.1) is 0 Å². The lowest BCUT2D eigenvalue weighted by atomic mass is 8.24. The fourth-order valence-electron chi connectivity index (χ4n) is 14.2. The molecule has 0 atom stereocenters. The molecule has 0 rings (SSSR count). The van der Waals surface area contributed by atoms with Crippen LogP contribution in [0.5, 0.6) is 0 Å². The standard InChI is InChI=1S/B51H53/c1-27-40(26)47(41(28(2)3)29(4)5)50(46(38(22)23)39(24)25)51(48(42(30(6)7)31(8)9)43(32(10)11)33(12)13)49(44(34(14)15)35(16)17)45(36(18)19)37(20)21/h27H,1-26H2/i27D. The predicted molar refractivity (Wildman–Crippen MR) is 367 cm³/mol. The zero-order valence-corrected chi connectivity index (χ0v) is 40.4. The van der Waals surface area contributed by atoms with Gasteiger partial charge in [-0.2, -0.15) is 0 Å². The van der Waals surface area contributed by atoms with Gasteiger partial charge < -0.3 is 0 Å². The monoisotopic (exact) mass is 616 g/mol. The fraction of sp³-hybridized carbons (Fsp3) is 0. The van der Waals surface area contributed by atoms with Gasteiger partial charge >= 0.3 is 0 Å². The van der Waals surface area contributed by atoms with Crippen molar-refractivity contribution >= 4 is 361 Å². The molecular formula is H53B51. The van der Waals surface area contributed by atoms with Gasteiger partial charge in [-0.25, -0.2) is 0 Å². The van der Waals surface area contributed by atoms with Crippen LogP contribution >= 0.6 is 0 Å². The van der Waals surface area contributed by atoms with Gasteiger partial charge in [-0.3, -0.25) is 0 Å². The SMILES string of the molecule is [2H]B(B)B(B)B(B(B(B)B)B(B)B)B(B(B(B)B)B(B)B)B(B(B(B(B)B)B(B)B)B(B(B)B)B(B)B)B(B(B(B)B)B(B)B)B(B(B)B)B(B)B. The van der Waals surface area contributed by atoms with E-state index in [4.69, 9.17) is 0 Å². The fourth-order valence-corrected chi connectivity index (χ4v) is 14.2. The third-order valence-corrected chi connectivity index (χ3v) is 14.8. The summed E-state index contributed by atoms with van der Waals surface area (Å²) in [7, 11) is 66.5. The molecule has 206 valence electrons. The second kappa shape index (κ2) is 25.1.